The Hall–Kier alpha value is -2.43. The Balaban J connectivity index is 1.92. The Morgan fingerprint density at radius 1 is 0.960 bits per heavy atom. The lowest BCUT2D eigenvalue weighted by Crippen LogP contribution is -1.97. The van der Waals surface area contributed by atoms with Gasteiger partial charge in [-0.25, -0.2) is 9.97 Å². The van der Waals surface area contributed by atoms with Crippen molar-refractivity contribution in [2.45, 2.75) is 13.8 Å². The number of fused-ring (bicyclic) bond motifs is 1. The molecule has 1 N–H and O–H groups in total. The number of benzene rings is 2. The zero-order chi connectivity index (χ0) is 17.4. The molecule has 0 aliphatic carbocycles. The summed E-state index contributed by atoms with van der Waals surface area (Å²) in [6.07, 6.45) is 1.61. The van der Waals surface area contributed by atoms with Crippen molar-refractivity contribution in [3.63, 3.8) is 0 Å². The van der Waals surface area contributed by atoms with Gasteiger partial charge in [0.2, 0.25) is 0 Å². The Bertz CT molecular complexity index is 1060. The fourth-order valence-electron chi connectivity index (χ4n) is 2.96. The van der Waals surface area contributed by atoms with E-state index in [4.69, 9.17) is 11.6 Å². The summed E-state index contributed by atoms with van der Waals surface area (Å²) in [5, 5.41) is 5.24. The zero-order valence-corrected chi connectivity index (χ0v) is 15.4. The van der Waals surface area contributed by atoms with Gasteiger partial charge >= 0.3 is 0 Å². The summed E-state index contributed by atoms with van der Waals surface area (Å²) in [5.41, 5.74) is 4.31. The fraction of sp³-hybridized carbons (Fsp3) is 0.100. The number of aryl methyl sites for hydroxylation is 1. The lowest BCUT2D eigenvalue weighted by molar-refractivity contribution is 1.23. The van der Waals surface area contributed by atoms with Crippen molar-refractivity contribution in [2.75, 3.05) is 5.32 Å². The molecule has 0 bridgehead atoms. The summed E-state index contributed by atoms with van der Waals surface area (Å²) < 4.78 is 0. The number of nitrogens with one attached hydrogen (secondary N) is 1. The van der Waals surface area contributed by atoms with Crippen LogP contribution in [0.15, 0.2) is 54.9 Å². The maximum absolute atomic E-state index is 6.26. The van der Waals surface area contributed by atoms with E-state index in [0.717, 1.165) is 32.3 Å². The highest BCUT2D eigenvalue weighted by Gasteiger charge is 2.17. The largest absolute Gasteiger partial charge is 0.339 e. The lowest BCUT2D eigenvalue weighted by atomic mass is 10.0. The molecule has 2 heterocycles. The Labute approximate surface area is 155 Å². The maximum atomic E-state index is 6.26. The van der Waals surface area contributed by atoms with Gasteiger partial charge in [0.15, 0.2) is 0 Å². The van der Waals surface area contributed by atoms with Crippen LogP contribution in [0.3, 0.4) is 0 Å². The average molecular weight is 366 g/mol. The van der Waals surface area contributed by atoms with E-state index in [1.165, 1.54) is 16.0 Å². The summed E-state index contributed by atoms with van der Waals surface area (Å²) in [5.74, 6) is 0.804. The number of rotatable bonds is 3. The van der Waals surface area contributed by atoms with Crippen LogP contribution >= 0.6 is 22.9 Å². The van der Waals surface area contributed by atoms with E-state index < -0.39 is 0 Å². The molecular weight excluding hydrogens is 350 g/mol. The average Bonchev–Trinajstić information content (AvgIpc) is 2.96. The first-order valence-electron chi connectivity index (χ1n) is 7.97. The van der Waals surface area contributed by atoms with Gasteiger partial charge in [0, 0.05) is 21.2 Å². The van der Waals surface area contributed by atoms with Crippen LogP contribution in [0.5, 0.6) is 0 Å². The highest BCUT2D eigenvalue weighted by atomic mass is 35.5. The molecule has 5 heteroatoms. The molecule has 0 radical (unpaired) electrons. The standard InChI is InChI=1S/C20H16ClN3S/c1-12-15(21)9-6-10-16(12)24-19-18-17(14-7-4-3-5-8-14)13(2)25-20(18)23-11-22-19/h3-11H,1-2H3,(H,22,23,24). The zero-order valence-electron chi connectivity index (χ0n) is 13.9. The monoisotopic (exact) mass is 365 g/mol. The third-order valence-electron chi connectivity index (χ3n) is 4.25. The first-order valence-corrected chi connectivity index (χ1v) is 9.16. The van der Waals surface area contributed by atoms with Crippen LogP contribution < -0.4 is 5.32 Å². The minimum atomic E-state index is 0.736. The lowest BCUT2D eigenvalue weighted by Gasteiger charge is -2.12. The molecule has 0 amide bonds. The van der Waals surface area contributed by atoms with Crippen LogP contribution in [0, 0.1) is 13.8 Å². The molecule has 0 fully saturated rings. The van der Waals surface area contributed by atoms with Crippen LogP contribution in [-0.4, -0.2) is 9.97 Å². The number of thiophene rings is 1. The van der Waals surface area contributed by atoms with Crippen molar-refractivity contribution in [3.05, 3.63) is 70.3 Å². The van der Waals surface area contributed by atoms with Gasteiger partial charge in [0.25, 0.3) is 0 Å². The number of aromatic nitrogens is 2. The van der Waals surface area contributed by atoms with Gasteiger partial charge in [-0.2, -0.15) is 0 Å². The molecule has 4 aromatic rings. The Morgan fingerprint density at radius 3 is 2.56 bits per heavy atom. The molecule has 0 unspecified atom stereocenters. The predicted molar refractivity (Wildman–Crippen MR) is 107 cm³/mol. The Morgan fingerprint density at radius 2 is 1.76 bits per heavy atom. The van der Waals surface area contributed by atoms with Crippen molar-refractivity contribution in [3.8, 4) is 11.1 Å². The second kappa shape index (κ2) is 6.47. The van der Waals surface area contributed by atoms with E-state index in [0.29, 0.717) is 0 Å². The summed E-state index contributed by atoms with van der Waals surface area (Å²) in [6.45, 7) is 4.13. The summed E-state index contributed by atoms with van der Waals surface area (Å²) in [4.78, 5) is 11.2. The van der Waals surface area contributed by atoms with Crippen LogP contribution in [0.25, 0.3) is 21.3 Å². The van der Waals surface area contributed by atoms with Crippen molar-refractivity contribution in [2.24, 2.45) is 0 Å². The van der Waals surface area contributed by atoms with Crippen molar-refractivity contribution < 1.29 is 0 Å². The Kier molecular flexibility index (Phi) is 4.15. The molecule has 0 saturated carbocycles. The van der Waals surface area contributed by atoms with Crippen LogP contribution in [0.2, 0.25) is 5.02 Å². The summed E-state index contributed by atoms with van der Waals surface area (Å²) in [7, 11) is 0. The van der Waals surface area contributed by atoms with Crippen LogP contribution in [0.4, 0.5) is 11.5 Å². The van der Waals surface area contributed by atoms with E-state index in [9.17, 15) is 0 Å². The van der Waals surface area contributed by atoms with Crippen LogP contribution in [-0.2, 0) is 0 Å². The number of hydrogen-bond acceptors (Lipinski definition) is 4. The topological polar surface area (TPSA) is 37.8 Å². The minimum absolute atomic E-state index is 0.736. The van der Waals surface area contributed by atoms with Crippen molar-refractivity contribution >= 4 is 44.7 Å². The molecule has 0 aliphatic rings. The molecule has 0 aliphatic heterocycles. The third-order valence-corrected chi connectivity index (χ3v) is 5.67. The number of anilines is 2. The number of nitrogens with zero attached hydrogens (tertiary/aromatic N) is 2. The van der Waals surface area contributed by atoms with Gasteiger partial charge in [-0.05, 0) is 37.1 Å². The molecule has 0 saturated heterocycles. The minimum Gasteiger partial charge on any atom is -0.339 e. The van der Waals surface area contributed by atoms with E-state index in [2.05, 4.69) is 46.5 Å². The maximum Gasteiger partial charge on any atom is 0.143 e. The number of halogens is 1. The van der Waals surface area contributed by atoms with E-state index in [-0.39, 0.29) is 0 Å². The molecule has 25 heavy (non-hydrogen) atoms. The molecular formula is C20H16ClN3S. The van der Waals surface area contributed by atoms with Gasteiger partial charge in [0.05, 0.1) is 5.39 Å². The fourth-order valence-corrected chi connectivity index (χ4v) is 4.15. The van der Waals surface area contributed by atoms with Gasteiger partial charge < -0.3 is 5.32 Å². The first kappa shape index (κ1) is 16.1. The van der Waals surface area contributed by atoms with Gasteiger partial charge in [-0.1, -0.05) is 48.0 Å². The third kappa shape index (κ3) is 2.88. The number of hydrogen-bond donors (Lipinski definition) is 1. The second-order valence-corrected chi connectivity index (χ2v) is 7.45. The highest BCUT2D eigenvalue weighted by molar-refractivity contribution is 7.19. The summed E-state index contributed by atoms with van der Waals surface area (Å²) >= 11 is 7.95. The molecule has 0 spiro atoms. The predicted octanol–water partition coefficient (Wildman–Crippen LogP) is 6.37. The molecule has 0 atom stereocenters. The van der Waals surface area contributed by atoms with Gasteiger partial charge in [0.1, 0.15) is 17.0 Å². The first-order chi connectivity index (χ1) is 12.1. The SMILES string of the molecule is Cc1sc2ncnc(Nc3cccc(Cl)c3C)c2c1-c1ccccc1. The highest BCUT2D eigenvalue weighted by Crippen LogP contribution is 2.41. The summed E-state index contributed by atoms with van der Waals surface area (Å²) in [6, 6.07) is 16.2. The second-order valence-electron chi connectivity index (χ2n) is 5.84. The van der Waals surface area contributed by atoms with Gasteiger partial charge in [-0.3, -0.25) is 0 Å². The van der Waals surface area contributed by atoms with Crippen molar-refractivity contribution in [1.82, 2.24) is 9.97 Å². The van der Waals surface area contributed by atoms with E-state index in [1.54, 1.807) is 17.7 Å². The molecule has 2 aromatic carbocycles. The van der Waals surface area contributed by atoms with Gasteiger partial charge in [-0.15, -0.1) is 11.3 Å². The smallest absolute Gasteiger partial charge is 0.143 e. The van der Waals surface area contributed by atoms with Crippen molar-refractivity contribution in [1.29, 1.82) is 0 Å². The van der Waals surface area contributed by atoms with E-state index >= 15 is 0 Å². The normalized spacial score (nSPS) is 11.0. The quantitative estimate of drug-likeness (QED) is 0.458. The van der Waals surface area contributed by atoms with Crippen LogP contribution in [0.1, 0.15) is 10.4 Å². The molecule has 4 rings (SSSR count). The molecule has 3 nitrogen and oxygen atoms in total. The van der Waals surface area contributed by atoms with E-state index in [1.807, 2.05) is 31.2 Å². The molecule has 2 aromatic heterocycles. The molecule has 124 valence electrons.